The number of rotatable bonds is 4. The fourth-order valence-electron chi connectivity index (χ4n) is 1.63. The molecule has 4 nitrogen and oxygen atoms in total. The molecule has 116 valence electrons. The first-order valence-corrected chi connectivity index (χ1v) is 6.10. The van der Waals surface area contributed by atoms with Gasteiger partial charge in [0, 0.05) is 20.3 Å². The summed E-state index contributed by atoms with van der Waals surface area (Å²) < 4.78 is 25.7. The number of carbonyl (C=O) groups is 1. The monoisotopic (exact) mass is 298 g/mol. The minimum atomic E-state index is -0.950. The van der Waals surface area contributed by atoms with Crippen LogP contribution in [0.5, 0.6) is 0 Å². The van der Waals surface area contributed by atoms with Crippen molar-refractivity contribution in [2.75, 3.05) is 17.2 Å². The van der Waals surface area contributed by atoms with E-state index in [0.29, 0.717) is 11.4 Å². The lowest BCUT2D eigenvalue weighted by Gasteiger charge is -2.08. The largest absolute Gasteiger partial charge is 0.412 e. The van der Waals surface area contributed by atoms with Crippen molar-refractivity contribution in [3.05, 3.63) is 59.7 Å². The number of hydrogen-bond donors (Lipinski definition) is 2. The molecule has 0 aliphatic carbocycles. The quantitative estimate of drug-likeness (QED) is 0.910. The molecule has 0 radical (unpaired) electrons. The molecule has 0 aliphatic rings. The Hall–Kier alpha value is -2.47. The number of anilines is 2. The predicted molar refractivity (Wildman–Crippen MR) is 82.5 cm³/mol. The highest BCUT2D eigenvalue weighted by Gasteiger charge is 2.05. The van der Waals surface area contributed by atoms with Gasteiger partial charge in [-0.3, -0.25) is 4.79 Å². The van der Waals surface area contributed by atoms with Crippen molar-refractivity contribution in [2.45, 2.75) is 6.92 Å². The van der Waals surface area contributed by atoms with E-state index in [-0.39, 0.29) is 20.8 Å². The Bertz CT molecular complexity index is 625. The molecule has 0 aromatic heterocycles. The lowest BCUT2D eigenvalue weighted by molar-refractivity contribution is -0.114. The van der Waals surface area contributed by atoms with Crippen LogP contribution in [0.3, 0.4) is 0 Å². The van der Waals surface area contributed by atoms with E-state index < -0.39 is 11.6 Å². The maximum absolute atomic E-state index is 13.0. The second-order valence-corrected chi connectivity index (χ2v) is 4.40. The van der Waals surface area contributed by atoms with Crippen LogP contribution in [0.15, 0.2) is 42.5 Å². The minimum Gasteiger partial charge on any atom is -0.412 e. The number of amides is 1. The topological polar surface area (TPSA) is 72.6 Å². The first-order chi connectivity index (χ1) is 9.54. The first kappa shape index (κ1) is 16.6. The molecular formula is C15H20F2N2O2. The summed E-state index contributed by atoms with van der Waals surface area (Å²) in [5.74, 6) is -2.13. The van der Waals surface area contributed by atoms with E-state index in [1.54, 1.807) is 12.1 Å². The summed E-state index contributed by atoms with van der Waals surface area (Å²) in [4.78, 5) is 11.7. The standard InChI is InChI=1S/C15H14F2N2O.H2O.2H2/c1-10-2-4-11(5-3-10)19-15(20)9-18-12-6-7-13(16)14(17)8-12;;;/h2-8,18H,9H2,1H3,(H,19,20);1H2;2*1H. The molecule has 0 bridgehead atoms. The van der Waals surface area contributed by atoms with E-state index >= 15 is 0 Å². The molecule has 4 N–H and O–H groups in total. The van der Waals surface area contributed by atoms with E-state index in [9.17, 15) is 13.6 Å². The third-order valence-electron chi connectivity index (χ3n) is 2.71. The molecule has 0 aliphatic heterocycles. The highest BCUT2D eigenvalue weighted by atomic mass is 19.2. The Morgan fingerprint density at radius 1 is 1.05 bits per heavy atom. The number of aryl methyl sites for hydroxylation is 1. The number of hydrogen-bond acceptors (Lipinski definition) is 2. The minimum absolute atomic E-state index is 0. The second-order valence-electron chi connectivity index (χ2n) is 4.40. The summed E-state index contributed by atoms with van der Waals surface area (Å²) in [7, 11) is 0. The van der Waals surface area contributed by atoms with Crippen LogP contribution in [0.1, 0.15) is 8.42 Å². The molecule has 0 fully saturated rings. The second kappa shape index (κ2) is 7.35. The van der Waals surface area contributed by atoms with Crippen LogP contribution in [0.4, 0.5) is 20.2 Å². The van der Waals surface area contributed by atoms with Crippen LogP contribution in [-0.4, -0.2) is 17.9 Å². The van der Waals surface area contributed by atoms with E-state index in [0.717, 1.165) is 17.7 Å². The van der Waals surface area contributed by atoms with E-state index in [1.807, 2.05) is 19.1 Å². The van der Waals surface area contributed by atoms with Crippen molar-refractivity contribution in [1.29, 1.82) is 0 Å². The zero-order chi connectivity index (χ0) is 14.5. The molecule has 21 heavy (non-hydrogen) atoms. The molecule has 2 aromatic rings. The normalized spacial score (nSPS) is 9.67. The summed E-state index contributed by atoms with van der Waals surface area (Å²) in [6.45, 7) is 1.93. The summed E-state index contributed by atoms with van der Waals surface area (Å²) in [6.07, 6.45) is 0. The van der Waals surface area contributed by atoms with Gasteiger partial charge < -0.3 is 16.1 Å². The van der Waals surface area contributed by atoms with Crippen LogP contribution in [0, 0.1) is 18.6 Å². The maximum atomic E-state index is 13.0. The Kier molecular flexibility index (Phi) is 5.80. The van der Waals surface area contributed by atoms with Gasteiger partial charge in [0.15, 0.2) is 11.6 Å². The number of carbonyl (C=O) groups excluding carboxylic acids is 1. The summed E-state index contributed by atoms with van der Waals surface area (Å²) in [6, 6.07) is 10.8. The molecule has 2 rings (SSSR count). The smallest absolute Gasteiger partial charge is 0.243 e. The lowest BCUT2D eigenvalue weighted by Crippen LogP contribution is -2.21. The Morgan fingerprint density at radius 2 is 1.67 bits per heavy atom. The van der Waals surface area contributed by atoms with Crippen molar-refractivity contribution in [1.82, 2.24) is 0 Å². The van der Waals surface area contributed by atoms with Gasteiger partial charge in [0.25, 0.3) is 0 Å². The van der Waals surface area contributed by atoms with Crippen molar-refractivity contribution >= 4 is 17.3 Å². The maximum Gasteiger partial charge on any atom is 0.243 e. The van der Waals surface area contributed by atoms with Gasteiger partial charge in [0.05, 0.1) is 6.54 Å². The molecule has 0 saturated heterocycles. The van der Waals surface area contributed by atoms with Gasteiger partial charge in [0.1, 0.15) is 0 Å². The van der Waals surface area contributed by atoms with Crippen LogP contribution in [0.25, 0.3) is 0 Å². The molecule has 0 saturated carbocycles. The predicted octanol–water partition coefficient (Wildman–Crippen LogP) is 2.99. The fourth-order valence-corrected chi connectivity index (χ4v) is 1.63. The summed E-state index contributed by atoms with van der Waals surface area (Å²) in [5.41, 5.74) is 2.14. The molecule has 0 spiro atoms. The zero-order valence-electron chi connectivity index (χ0n) is 11.4. The molecule has 1 amide bonds. The Morgan fingerprint density at radius 3 is 2.29 bits per heavy atom. The summed E-state index contributed by atoms with van der Waals surface area (Å²) >= 11 is 0. The van der Waals surface area contributed by atoms with Crippen LogP contribution < -0.4 is 10.6 Å². The van der Waals surface area contributed by atoms with E-state index in [2.05, 4.69) is 10.6 Å². The number of halogens is 2. The van der Waals surface area contributed by atoms with Gasteiger partial charge in [-0.05, 0) is 31.2 Å². The number of nitrogens with one attached hydrogen (secondary N) is 2. The van der Waals surface area contributed by atoms with E-state index in [1.165, 1.54) is 6.07 Å². The Balaban J connectivity index is 0. The first-order valence-electron chi connectivity index (χ1n) is 6.10. The highest BCUT2D eigenvalue weighted by Crippen LogP contribution is 2.13. The third-order valence-corrected chi connectivity index (χ3v) is 2.71. The molecule has 2 aromatic carbocycles. The van der Waals surface area contributed by atoms with E-state index in [4.69, 9.17) is 0 Å². The SMILES string of the molecule is Cc1ccc(NC(=O)CNc2ccc(F)c(F)c2)cc1.O.[HH].[HH]. The summed E-state index contributed by atoms with van der Waals surface area (Å²) in [5, 5.41) is 5.42. The molecular weight excluding hydrogens is 278 g/mol. The van der Waals surface area contributed by atoms with Crippen molar-refractivity contribution < 1.29 is 21.9 Å². The molecule has 0 unspecified atom stereocenters. The van der Waals surface area contributed by atoms with Gasteiger partial charge in [-0.1, -0.05) is 17.7 Å². The molecule has 6 heteroatoms. The molecule has 0 atom stereocenters. The van der Waals surface area contributed by atoms with Crippen LogP contribution in [0.2, 0.25) is 0 Å². The van der Waals surface area contributed by atoms with Crippen LogP contribution >= 0.6 is 0 Å². The van der Waals surface area contributed by atoms with Gasteiger partial charge in [0.2, 0.25) is 5.91 Å². The zero-order valence-corrected chi connectivity index (χ0v) is 11.4. The van der Waals surface area contributed by atoms with Gasteiger partial charge in [-0.25, -0.2) is 8.78 Å². The molecule has 0 heterocycles. The highest BCUT2D eigenvalue weighted by molar-refractivity contribution is 5.93. The van der Waals surface area contributed by atoms with Gasteiger partial charge in [-0.2, -0.15) is 0 Å². The Labute approximate surface area is 124 Å². The fraction of sp³-hybridized carbons (Fsp3) is 0.133. The van der Waals surface area contributed by atoms with Crippen molar-refractivity contribution in [3.8, 4) is 0 Å². The van der Waals surface area contributed by atoms with Crippen LogP contribution in [-0.2, 0) is 4.79 Å². The average molecular weight is 298 g/mol. The van der Waals surface area contributed by atoms with Crippen molar-refractivity contribution in [2.24, 2.45) is 0 Å². The van der Waals surface area contributed by atoms with Crippen molar-refractivity contribution in [3.63, 3.8) is 0 Å². The lowest BCUT2D eigenvalue weighted by atomic mass is 10.2. The van der Waals surface area contributed by atoms with Gasteiger partial charge in [-0.15, -0.1) is 0 Å². The van der Waals surface area contributed by atoms with Gasteiger partial charge >= 0.3 is 0 Å². The number of benzene rings is 2. The third kappa shape index (κ3) is 4.85. The average Bonchev–Trinajstić information content (AvgIpc) is 2.43.